The Balaban J connectivity index is 1.65. The van der Waals surface area contributed by atoms with Gasteiger partial charge in [-0.2, -0.15) is 10.4 Å². The lowest BCUT2D eigenvalue weighted by molar-refractivity contribution is -0.143. The van der Waals surface area contributed by atoms with Gasteiger partial charge in [0.1, 0.15) is 17.4 Å². The van der Waals surface area contributed by atoms with E-state index in [4.69, 9.17) is 9.84 Å². The molecule has 7 heteroatoms. The number of ether oxygens (including phenoxy) is 1. The number of rotatable bonds is 5. The number of carbonyl (C=O) groups is 2. The van der Waals surface area contributed by atoms with Crippen molar-refractivity contribution < 1.29 is 14.3 Å². The average Bonchev–Trinajstić information content (AvgIpc) is 3.36. The molecule has 1 aliphatic carbocycles. The van der Waals surface area contributed by atoms with Crippen molar-refractivity contribution in [1.29, 1.82) is 5.26 Å². The Bertz CT molecular complexity index is 1440. The first-order valence-electron chi connectivity index (χ1n) is 12.5. The highest BCUT2D eigenvalue weighted by Crippen LogP contribution is 2.34. The number of carbonyl (C=O) groups excluding carboxylic acids is 2. The number of amides is 2. The second-order valence-electron chi connectivity index (χ2n) is 9.38. The topological polar surface area (TPSA) is 88.2 Å². The van der Waals surface area contributed by atoms with Gasteiger partial charge in [-0.15, -0.1) is 0 Å². The average molecular weight is 493 g/mol. The van der Waals surface area contributed by atoms with Crippen LogP contribution >= 0.6 is 0 Å². The van der Waals surface area contributed by atoms with E-state index in [9.17, 15) is 14.9 Å². The summed E-state index contributed by atoms with van der Waals surface area (Å²) in [6.07, 6.45) is 8.21. The van der Waals surface area contributed by atoms with Crippen LogP contribution in [0.4, 0.5) is 0 Å². The SMILES string of the molecule is COc1ccc(-c2nn(-c3ccccc3)cc2/C=C2/C(=O)N(C3CCCCC3)C(=O)C(C#N)=C2C)cc1. The standard InChI is InChI=1S/C30H28N4O3/c1-20-26(29(35)34(30(36)27(20)18-31)24-11-7-4-8-12-24)17-22-19-33(23-9-5-3-6-10-23)32-28(22)21-13-15-25(37-2)16-14-21/h3,5-6,9-10,13-17,19,24H,4,7-8,11-12H2,1-2H3/b26-17+. The Hall–Kier alpha value is -4.44. The zero-order chi connectivity index (χ0) is 25.9. The number of hydrogen-bond acceptors (Lipinski definition) is 5. The lowest BCUT2D eigenvalue weighted by atomic mass is 9.88. The van der Waals surface area contributed by atoms with Crippen molar-refractivity contribution >= 4 is 17.9 Å². The number of hydrogen-bond donors (Lipinski definition) is 0. The Kier molecular flexibility index (Phi) is 6.74. The summed E-state index contributed by atoms with van der Waals surface area (Å²) < 4.78 is 7.08. The molecule has 5 rings (SSSR count). The Morgan fingerprint density at radius 3 is 2.35 bits per heavy atom. The minimum Gasteiger partial charge on any atom is -0.497 e. The van der Waals surface area contributed by atoms with E-state index in [0.717, 1.165) is 49.1 Å². The first kappa shape index (κ1) is 24.3. The predicted molar refractivity (Wildman–Crippen MR) is 141 cm³/mol. The highest BCUT2D eigenvalue weighted by Gasteiger charge is 2.40. The highest BCUT2D eigenvalue weighted by molar-refractivity contribution is 6.20. The van der Waals surface area contributed by atoms with Gasteiger partial charge in [0.05, 0.1) is 18.5 Å². The molecule has 2 aliphatic rings. The summed E-state index contributed by atoms with van der Waals surface area (Å²) in [5.41, 5.74) is 3.90. The summed E-state index contributed by atoms with van der Waals surface area (Å²) in [5, 5.41) is 14.7. The molecule has 0 atom stereocenters. The molecule has 37 heavy (non-hydrogen) atoms. The van der Waals surface area contributed by atoms with Crippen LogP contribution in [-0.4, -0.2) is 39.6 Å². The molecule has 7 nitrogen and oxygen atoms in total. The van der Waals surface area contributed by atoms with Gasteiger partial charge in [-0.1, -0.05) is 37.5 Å². The van der Waals surface area contributed by atoms with E-state index in [0.29, 0.717) is 22.4 Å². The predicted octanol–water partition coefficient (Wildman–Crippen LogP) is 5.47. The van der Waals surface area contributed by atoms with Crippen LogP contribution in [0.2, 0.25) is 0 Å². The highest BCUT2D eigenvalue weighted by atomic mass is 16.5. The number of benzene rings is 2. The molecule has 0 saturated heterocycles. The fraction of sp³-hybridized carbons (Fsp3) is 0.267. The maximum absolute atomic E-state index is 13.8. The summed E-state index contributed by atoms with van der Waals surface area (Å²) in [5.74, 6) is -0.0985. The van der Waals surface area contributed by atoms with Gasteiger partial charge in [0, 0.05) is 28.9 Å². The van der Waals surface area contributed by atoms with Crippen molar-refractivity contribution in [2.45, 2.75) is 45.1 Å². The molecule has 0 bridgehead atoms. The summed E-state index contributed by atoms with van der Waals surface area (Å²) in [4.78, 5) is 28.3. The van der Waals surface area contributed by atoms with Crippen molar-refractivity contribution in [2.75, 3.05) is 7.11 Å². The first-order chi connectivity index (χ1) is 18.0. The number of imide groups is 1. The van der Waals surface area contributed by atoms with Gasteiger partial charge in [-0.05, 0) is 67.8 Å². The molecule has 0 radical (unpaired) electrons. The van der Waals surface area contributed by atoms with Crippen molar-refractivity contribution in [3.63, 3.8) is 0 Å². The molecule has 1 aromatic heterocycles. The second-order valence-corrected chi connectivity index (χ2v) is 9.38. The Morgan fingerprint density at radius 2 is 1.70 bits per heavy atom. The van der Waals surface area contributed by atoms with E-state index in [1.54, 1.807) is 24.8 Å². The van der Waals surface area contributed by atoms with Crippen LogP contribution in [-0.2, 0) is 9.59 Å². The Morgan fingerprint density at radius 1 is 1.00 bits per heavy atom. The van der Waals surface area contributed by atoms with Crippen LogP contribution in [0.5, 0.6) is 5.75 Å². The molecule has 1 fully saturated rings. The van der Waals surface area contributed by atoms with Gasteiger partial charge in [-0.3, -0.25) is 14.5 Å². The van der Waals surface area contributed by atoms with Gasteiger partial charge in [-0.25, -0.2) is 4.68 Å². The molecule has 2 aromatic carbocycles. The third-order valence-electron chi connectivity index (χ3n) is 7.14. The van der Waals surface area contributed by atoms with Gasteiger partial charge in [0.15, 0.2) is 0 Å². The summed E-state index contributed by atoms with van der Waals surface area (Å²) in [6, 6.07) is 19.2. The minimum atomic E-state index is -0.482. The second kappa shape index (κ2) is 10.3. The molecule has 0 unspecified atom stereocenters. The van der Waals surface area contributed by atoms with Crippen LogP contribution in [0.15, 0.2) is 77.5 Å². The Labute approximate surface area is 216 Å². The molecule has 1 aliphatic heterocycles. The van der Waals surface area contributed by atoms with Crippen molar-refractivity contribution in [3.8, 4) is 28.8 Å². The monoisotopic (exact) mass is 492 g/mol. The number of aromatic nitrogens is 2. The fourth-order valence-corrected chi connectivity index (χ4v) is 5.11. The van der Waals surface area contributed by atoms with E-state index in [-0.39, 0.29) is 17.5 Å². The molecule has 3 aromatic rings. The van der Waals surface area contributed by atoms with Crippen LogP contribution in [0.3, 0.4) is 0 Å². The van der Waals surface area contributed by atoms with Crippen molar-refractivity contribution in [1.82, 2.24) is 14.7 Å². The van der Waals surface area contributed by atoms with Crippen molar-refractivity contribution in [3.05, 3.63) is 83.1 Å². The van der Waals surface area contributed by atoms with E-state index in [1.807, 2.05) is 60.8 Å². The first-order valence-corrected chi connectivity index (χ1v) is 12.5. The van der Waals surface area contributed by atoms with Crippen molar-refractivity contribution in [2.24, 2.45) is 0 Å². The molecular weight excluding hydrogens is 464 g/mol. The number of methoxy groups -OCH3 is 1. The molecule has 0 spiro atoms. The van der Waals surface area contributed by atoms with Gasteiger partial charge in [0.2, 0.25) is 0 Å². The largest absolute Gasteiger partial charge is 0.497 e. The van der Waals surface area contributed by atoms with Crippen LogP contribution < -0.4 is 4.74 Å². The maximum Gasteiger partial charge on any atom is 0.271 e. The van der Waals surface area contributed by atoms with Gasteiger partial charge in [0.25, 0.3) is 11.8 Å². The molecule has 186 valence electrons. The van der Waals surface area contributed by atoms with E-state index >= 15 is 0 Å². The smallest absolute Gasteiger partial charge is 0.271 e. The lowest BCUT2D eigenvalue weighted by Gasteiger charge is -2.36. The van der Waals surface area contributed by atoms with E-state index in [1.165, 1.54) is 4.90 Å². The molecule has 2 heterocycles. The zero-order valence-electron chi connectivity index (χ0n) is 21.0. The maximum atomic E-state index is 13.8. The third kappa shape index (κ3) is 4.58. The summed E-state index contributed by atoms with van der Waals surface area (Å²) in [7, 11) is 1.62. The number of nitrogens with zero attached hydrogens (tertiary/aromatic N) is 4. The van der Waals surface area contributed by atoms with E-state index in [2.05, 4.69) is 6.07 Å². The zero-order valence-corrected chi connectivity index (χ0v) is 21.0. The third-order valence-corrected chi connectivity index (χ3v) is 7.14. The lowest BCUT2D eigenvalue weighted by Crippen LogP contribution is -2.49. The van der Waals surface area contributed by atoms with Crippen LogP contribution in [0.25, 0.3) is 23.0 Å². The molecule has 2 amide bonds. The van der Waals surface area contributed by atoms with Gasteiger partial charge < -0.3 is 4.74 Å². The molecular formula is C30H28N4O3. The molecule has 1 saturated carbocycles. The summed E-state index contributed by atoms with van der Waals surface area (Å²) >= 11 is 0. The molecule has 0 N–H and O–H groups in total. The minimum absolute atomic E-state index is 0.0258. The number of nitriles is 1. The summed E-state index contributed by atoms with van der Waals surface area (Å²) in [6.45, 7) is 1.67. The van der Waals surface area contributed by atoms with Crippen LogP contribution in [0, 0.1) is 11.3 Å². The fourth-order valence-electron chi connectivity index (χ4n) is 5.11. The van der Waals surface area contributed by atoms with E-state index < -0.39 is 5.91 Å². The normalized spacial score (nSPS) is 17.9. The van der Waals surface area contributed by atoms with Gasteiger partial charge >= 0.3 is 0 Å². The van der Waals surface area contributed by atoms with Crippen LogP contribution in [0.1, 0.15) is 44.6 Å². The quantitative estimate of drug-likeness (QED) is 0.348. The number of para-hydroxylation sites is 1.